The highest BCUT2D eigenvalue weighted by Gasteiger charge is 2.33. The van der Waals surface area contributed by atoms with Crippen molar-refractivity contribution in [3.05, 3.63) is 41.7 Å². The van der Waals surface area contributed by atoms with Crippen LogP contribution in [-0.4, -0.2) is 57.0 Å². The number of halogens is 1. The van der Waals surface area contributed by atoms with E-state index >= 15 is 0 Å². The lowest BCUT2D eigenvalue weighted by Gasteiger charge is -2.27. The van der Waals surface area contributed by atoms with E-state index in [0.717, 1.165) is 0 Å². The number of carbonyl (C=O) groups is 1. The third kappa shape index (κ3) is 5.14. The van der Waals surface area contributed by atoms with Crippen LogP contribution in [0.2, 0.25) is 0 Å². The first kappa shape index (κ1) is 18.6. The molecule has 1 aliphatic rings. The van der Waals surface area contributed by atoms with E-state index in [1.165, 1.54) is 18.2 Å². The Balaban J connectivity index is 2.10. The van der Waals surface area contributed by atoms with Gasteiger partial charge in [0.2, 0.25) is 5.91 Å². The Kier molecular flexibility index (Phi) is 6.51. The van der Waals surface area contributed by atoms with Gasteiger partial charge in [-0.1, -0.05) is 18.2 Å². The van der Waals surface area contributed by atoms with Crippen LogP contribution in [0, 0.1) is 5.82 Å². The molecular formula is C17H22FNO4S. The van der Waals surface area contributed by atoms with Gasteiger partial charge in [-0.15, -0.1) is 0 Å². The number of hydrogen-bond donors (Lipinski definition) is 0. The third-order valence-electron chi connectivity index (χ3n) is 3.99. The van der Waals surface area contributed by atoms with Crippen molar-refractivity contribution < 1.29 is 22.3 Å². The largest absolute Gasteiger partial charge is 0.385 e. The molecule has 1 unspecified atom stereocenters. The van der Waals surface area contributed by atoms with Gasteiger partial charge in [-0.3, -0.25) is 4.79 Å². The summed E-state index contributed by atoms with van der Waals surface area (Å²) in [5.41, 5.74) is 0.321. The second kappa shape index (κ2) is 8.39. The lowest BCUT2D eigenvalue weighted by atomic mass is 10.1. The van der Waals surface area contributed by atoms with Crippen LogP contribution in [0.1, 0.15) is 18.4 Å². The Hall–Kier alpha value is -1.73. The molecule has 0 radical (unpaired) electrons. The van der Waals surface area contributed by atoms with Crippen molar-refractivity contribution in [3.8, 4) is 0 Å². The molecule has 1 saturated heterocycles. The van der Waals surface area contributed by atoms with Crippen molar-refractivity contribution in [2.45, 2.75) is 18.9 Å². The number of hydrogen-bond acceptors (Lipinski definition) is 4. The molecule has 0 N–H and O–H groups in total. The quantitative estimate of drug-likeness (QED) is 0.553. The fourth-order valence-corrected chi connectivity index (χ4v) is 4.47. The fourth-order valence-electron chi connectivity index (χ4n) is 2.74. The van der Waals surface area contributed by atoms with Crippen molar-refractivity contribution >= 4 is 21.8 Å². The summed E-state index contributed by atoms with van der Waals surface area (Å²) in [5, 5.41) is 0. The molecule has 0 saturated carbocycles. The normalized spacial score (nSPS) is 19.7. The zero-order valence-corrected chi connectivity index (χ0v) is 14.5. The van der Waals surface area contributed by atoms with Crippen LogP contribution >= 0.6 is 0 Å². The summed E-state index contributed by atoms with van der Waals surface area (Å²) in [6, 6.07) is 5.84. The molecule has 1 heterocycles. The average molecular weight is 355 g/mol. The van der Waals surface area contributed by atoms with Gasteiger partial charge >= 0.3 is 0 Å². The third-order valence-corrected chi connectivity index (χ3v) is 5.74. The van der Waals surface area contributed by atoms with Crippen LogP contribution in [0.25, 0.3) is 6.08 Å². The van der Waals surface area contributed by atoms with E-state index < -0.39 is 15.7 Å². The van der Waals surface area contributed by atoms with E-state index in [9.17, 15) is 17.6 Å². The van der Waals surface area contributed by atoms with Crippen LogP contribution in [0.4, 0.5) is 4.39 Å². The maximum atomic E-state index is 13.6. The van der Waals surface area contributed by atoms with Gasteiger partial charge in [-0.2, -0.15) is 0 Å². The molecule has 1 aromatic rings. The van der Waals surface area contributed by atoms with Crippen LogP contribution in [-0.2, 0) is 19.4 Å². The van der Waals surface area contributed by atoms with E-state index in [1.807, 2.05) is 0 Å². The first-order chi connectivity index (χ1) is 11.4. The summed E-state index contributed by atoms with van der Waals surface area (Å²) in [4.78, 5) is 14.1. The predicted molar refractivity (Wildman–Crippen MR) is 90.7 cm³/mol. The SMILES string of the molecule is COCCCN(C(=O)/C=C/c1ccccc1F)C1CCS(=O)(=O)C1. The van der Waals surface area contributed by atoms with Gasteiger partial charge in [-0.05, 0) is 25.0 Å². The van der Waals surface area contributed by atoms with Crippen molar-refractivity contribution in [3.63, 3.8) is 0 Å². The van der Waals surface area contributed by atoms with Crippen LogP contribution in [0.5, 0.6) is 0 Å². The highest BCUT2D eigenvalue weighted by molar-refractivity contribution is 7.91. The van der Waals surface area contributed by atoms with E-state index in [0.29, 0.717) is 31.6 Å². The van der Waals surface area contributed by atoms with Gasteiger partial charge in [0.25, 0.3) is 0 Å². The second-order valence-electron chi connectivity index (χ2n) is 5.79. The number of amides is 1. The topological polar surface area (TPSA) is 63.7 Å². The zero-order chi connectivity index (χ0) is 17.6. The van der Waals surface area contributed by atoms with Gasteiger partial charge in [0.15, 0.2) is 9.84 Å². The number of nitrogens with zero attached hydrogens (tertiary/aromatic N) is 1. The summed E-state index contributed by atoms with van der Waals surface area (Å²) in [7, 11) is -1.51. The van der Waals surface area contributed by atoms with Crippen LogP contribution in [0.15, 0.2) is 30.3 Å². The molecule has 0 aliphatic carbocycles. The van der Waals surface area contributed by atoms with Gasteiger partial charge in [-0.25, -0.2) is 12.8 Å². The molecule has 0 spiro atoms. The first-order valence-electron chi connectivity index (χ1n) is 7.85. The number of ether oxygens (including phenoxy) is 1. The Morgan fingerprint density at radius 3 is 2.79 bits per heavy atom. The summed E-state index contributed by atoms with van der Waals surface area (Å²) in [6.07, 6.45) is 3.78. The molecular weight excluding hydrogens is 333 g/mol. The smallest absolute Gasteiger partial charge is 0.246 e. The van der Waals surface area contributed by atoms with E-state index in [4.69, 9.17) is 4.74 Å². The molecule has 1 aromatic carbocycles. The highest BCUT2D eigenvalue weighted by Crippen LogP contribution is 2.19. The van der Waals surface area contributed by atoms with Gasteiger partial charge in [0.1, 0.15) is 5.82 Å². The molecule has 0 bridgehead atoms. The van der Waals surface area contributed by atoms with Gasteiger partial charge in [0, 0.05) is 37.9 Å². The number of carbonyl (C=O) groups excluding carboxylic acids is 1. The maximum Gasteiger partial charge on any atom is 0.246 e. The average Bonchev–Trinajstić information content (AvgIpc) is 2.90. The Morgan fingerprint density at radius 2 is 2.17 bits per heavy atom. The first-order valence-corrected chi connectivity index (χ1v) is 9.67. The minimum absolute atomic E-state index is 0.0146. The lowest BCUT2D eigenvalue weighted by molar-refractivity contribution is -0.127. The monoisotopic (exact) mass is 355 g/mol. The second-order valence-corrected chi connectivity index (χ2v) is 8.02. The summed E-state index contributed by atoms with van der Waals surface area (Å²) in [5.74, 6) is -0.630. The summed E-state index contributed by atoms with van der Waals surface area (Å²) >= 11 is 0. The molecule has 132 valence electrons. The molecule has 1 fully saturated rings. The van der Waals surface area contributed by atoms with Crippen LogP contribution in [0.3, 0.4) is 0 Å². The minimum atomic E-state index is -3.09. The molecule has 24 heavy (non-hydrogen) atoms. The predicted octanol–water partition coefficient (Wildman–Crippen LogP) is 1.89. The van der Waals surface area contributed by atoms with Crippen molar-refractivity contribution in [1.29, 1.82) is 0 Å². The molecule has 1 atom stereocenters. The number of sulfone groups is 1. The van der Waals surface area contributed by atoms with Gasteiger partial charge < -0.3 is 9.64 Å². The Morgan fingerprint density at radius 1 is 1.42 bits per heavy atom. The van der Waals surface area contributed by atoms with E-state index in [2.05, 4.69) is 0 Å². The Bertz CT molecular complexity index is 702. The van der Waals surface area contributed by atoms with E-state index in [1.54, 1.807) is 30.2 Å². The number of benzene rings is 1. The lowest BCUT2D eigenvalue weighted by Crippen LogP contribution is -2.41. The molecule has 0 aromatic heterocycles. The zero-order valence-electron chi connectivity index (χ0n) is 13.7. The minimum Gasteiger partial charge on any atom is -0.385 e. The molecule has 5 nitrogen and oxygen atoms in total. The standard InChI is InChI=1S/C17H22FNO4S/c1-23-11-4-10-19(15-9-12-24(21,22)13-15)17(20)8-7-14-5-2-3-6-16(14)18/h2-3,5-8,15H,4,9-13H2,1H3/b8-7+. The van der Waals surface area contributed by atoms with E-state index in [-0.39, 0.29) is 23.5 Å². The highest BCUT2D eigenvalue weighted by atomic mass is 32.2. The maximum absolute atomic E-state index is 13.6. The number of methoxy groups -OCH3 is 1. The molecule has 1 amide bonds. The molecule has 7 heteroatoms. The Labute approximate surface area is 142 Å². The van der Waals surface area contributed by atoms with Crippen LogP contribution < -0.4 is 0 Å². The number of rotatable bonds is 7. The van der Waals surface area contributed by atoms with Crippen molar-refractivity contribution in [1.82, 2.24) is 4.90 Å². The molecule has 2 rings (SSSR count). The van der Waals surface area contributed by atoms with Crippen molar-refractivity contribution in [2.75, 3.05) is 31.8 Å². The molecule has 1 aliphatic heterocycles. The fraction of sp³-hybridized carbons (Fsp3) is 0.471. The van der Waals surface area contributed by atoms with Crippen molar-refractivity contribution in [2.24, 2.45) is 0 Å². The van der Waals surface area contributed by atoms with Gasteiger partial charge in [0.05, 0.1) is 11.5 Å². The summed E-state index contributed by atoms with van der Waals surface area (Å²) in [6.45, 7) is 0.898. The summed E-state index contributed by atoms with van der Waals surface area (Å²) < 4.78 is 42.0.